The molecule has 0 bridgehead atoms. The van der Waals surface area contributed by atoms with Crippen molar-refractivity contribution in [3.63, 3.8) is 0 Å². The van der Waals surface area contributed by atoms with Crippen molar-refractivity contribution < 1.29 is 4.74 Å². The van der Waals surface area contributed by atoms with Crippen LogP contribution in [0.4, 0.5) is 0 Å². The molecule has 0 N–H and O–H groups in total. The average Bonchev–Trinajstić information content (AvgIpc) is 2.40. The molecule has 0 radical (unpaired) electrons. The zero-order chi connectivity index (χ0) is 13.9. The van der Waals surface area contributed by atoms with Crippen molar-refractivity contribution in [3.8, 4) is 5.75 Å². The van der Waals surface area contributed by atoms with Crippen LogP contribution >= 0.6 is 23.2 Å². The number of allylic oxidation sites excluding steroid dienone is 2. The molecule has 102 valence electrons. The van der Waals surface area contributed by atoms with Gasteiger partial charge in [0.1, 0.15) is 12.4 Å². The molecule has 0 saturated heterocycles. The van der Waals surface area contributed by atoms with Crippen LogP contribution < -0.4 is 4.74 Å². The van der Waals surface area contributed by atoms with Crippen molar-refractivity contribution in [2.24, 2.45) is 0 Å². The normalized spacial score (nSPS) is 13.6. The molecule has 2 aromatic rings. The minimum absolute atomic E-state index is 0.487. The SMILES string of the molecule is Clc1ccc(COc2ccccc2C2=CCC2)cc1Cl. The van der Waals surface area contributed by atoms with Gasteiger partial charge in [0.25, 0.3) is 0 Å². The second kappa shape index (κ2) is 5.90. The number of hydrogen-bond acceptors (Lipinski definition) is 1. The minimum Gasteiger partial charge on any atom is -0.488 e. The Morgan fingerprint density at radius 1 is 1.00 bits per heavy atom. The molecule has 3 heteroatoms. The first-order chi connectivity index (χ1) is 9.74. The summed E-state index contributed by atoms with van der Waals surface area (Å²) in [6.07, 6.45) is 4.55. The molecule has 0 amide bonds. The summed E-state index contributed by atoms with van der Waals surface area (Å²) in [7, 11) is 0. The Hall–Kier alpha value is -1.44. The quantitative estimate of drug-likeness (QED) is 0.699. The van der Waals surface area contributed by atoms with Crippen molar-refractivity contribution in [2.75, 3.05) is 0 Å². The highest BCUT2D eigenvalue weighted by Crippen LogP contribution is 2.35. The van der Waals surface area contributed by atoms with Gasteiger partial charge in [0, 0.05) is 5.56 Å². The highest BCUT2D eigenvalue weighted by Gasteiger charge is 2.13. The molecular weight excluding hydrogens is 291 g/mol. The van der Waals surface area contributed by atoms with Crippen LogP contribution in [-0.2, 0) is 6.61 Å². The fraction of sp³-hybridized carbons (Fsp3) is 0.176. The Morgan fingerprint density at radius 3 is 2.50 bits per heavy atom. The van der Waals surface area contributed by atoms with Crippen LogP contribution in [-0.4, -0.2) is 0 Å². The van der Waals surface area contributed by atoms with E-state index in [1.54, 1.807) is 6.07 Å². The first-order valence-electron chi connectivity index (χ1n) is 6.59. The summed E-state index contributed by atoms with van der Waals surface area (Å²) in [5.74, 6) is 0.921. The molecule has 0 spiro atoms. The van der Waals surface area contributed by atoms with Gasteiger partial charge >= 0.3 is 0 Å². The third-order valence-electron chi connectivity index (χ3n) is 3.42. The van der Waals surface area contributed by atoms with E-state index in [9.17, 15) is 0 Å². The molecule has 0 heterocycles. The fourth-order valence-corrected chi connectivity index (χ4v) is 2.50. The van der Waals surface area contributed by atoms with Crippen LogP contribution in [0.2, 0.25) is 10.0 Å². The van der Waals surface area contributed by atoms with E-state index in [4.69, 9.17) is 27.9 Å². The van der Waals surface area contributed by atoms with E-state index in [1.165, 1.54) is 11.1 Å². The van der Waals surface area contributed by atoms with Gasteiger partial charge in [-0.2, -0.15) is 0 Å². The van der Waals surface area contributed by atoms with Gasteiger partial charge in [0.15, 0.2) is 0 Å². The third-order valence-corrected chi connectivity index (χ3v) is 4.15. The van der Waals surface area contributed by atoms with Crippen LogP contribution in [0.1, 0.15) is 24.0 Å². The lowest BCUT2D eigenvalue weighted by Gasteiger charge is -2.18. The van der Waals surface area contributed by atoms with Crippen LogP contribution in [0.3, 0.4) is 0 Å². The van der Waals surface area contributed by atoms with Gasteiger partial charge in [0.05, 0.1) is 10.0 Å². The van der Waals surface area contributed by atoms with Gasteiger partial charge in [-0.05, 0) is 42.2 Å². The molecule has 1 aliphatic carbocycles. The Morgan fingerprint density at radius 2 is 1.80 bits per heavy atom. The number of benzene rings is 2. The van der Waals surface area contributed by atoms with Crippen molar-refractivity contribution in [1.82, 2.24) is 0 Å². The molecule has 0 aromatic heterocycles. The molecule has 0 saturated carbocycles. The number of para-hydroxylation sites is 1. The molecule has 20 heavy (non-hydrogen) atoms. The zero-order valence-corrected chi connectivity index (χ0v) is 12.4. The summed E-state index contributed by atoms with van der Waals surface area (Å²) >= 11 is 11.9. The van der Waals surface area contributed by atoms with Crippen molar-refractivity contribution >= 4 is 28.8 Å². The average molecular weight is 305 g/mol. The first-order valence-corrected chi connectivity index (χ1v) is 7.35. The van der Waals surface area contributed by atoms with Gasteiger partial charge in [-0.25, -0.2) is 0 Å². The predicted octanol–water partition coefficient (Wildman–Crippen LogP) is 5.75. The Kier molecular flexibility index (Phi) is 4.00. The second-order valence-electron chi connectivity index (χ2n) is 4.80. The van der Waals surface area contributed by atoms with Crippen molar-refractivity contribution in [2.45, 2.75) is 19.4 Å². The maximum atomic E-state index is 6.01. The van der Waals surface area contributed by atoms with Crippen LogP contribution in [0, 0.1) is 0 Å². The standard InChI is InChI=1S/C17H14Cl2O/c18-15-9-8-12(10-16(15)19)11-20-17-7-2-1-6-14(17)13-4-3-5-13/h1-2,4,6-10H,3,5,11H2. The second-order valence-corrected chi connectivity index (χ2v) is 5.62. The van der Waals surface area contributed by atoms with Crippen LogP contribution in [0.5, 0.6) is 5.75 Å². The van der Waals surface area contributed by atoms with Crippen molar-refractivity contribution in [1.29, 1.82) is 0 Å². The Balaban J connectivity index is 1.76. The molecule has 2 aromatic carbocycles. The van der Waals surface area contributed by atoms with Gasteiger partial charge in [-0.1, -0.05) is 53.5 Å². The predicted molar refractivity (Wildman–Crippen MR) is 84.4 cm³/mol. The van der Waals surface area contributed by atoms with Crippen molar-refractivity contribution in [3.05, 3.63) is 69.7 Å². The highest BCUT2D eigenvalue weighted by molar-refractivity contribution is 6.42. The largest absolute Gasteiger partial charge is 0.488 e. The maximum Gasteiger partial charge on any atom is 0.127 e. The molecule has 1 nitrogen and oxygen atoms in total. The van der Waals surface area contributed by atoms with Gasteiger partial charge in [0.2, 0.25) is 0 Å². The maximum absolute atomic E-state index is 6.01. The molecule has 1 aliphatic rings. The van der Waals surface area contributed by atoms with E-state index in [1.807, 2.05) is 30.3 Å². The van der Waals surface area contributed by atoms with E-state index in [-0.39, 0.29) is 0 Å². The van der Waals surface area contributed by atoms with E-state index < -0.39 is 0 Å². The Bertz CT molecular complexity index is 662. The number of rotatable bonds is 4. The lowest BCUT2D eigenvalue weighted by atomic mass is 9.91. The number of ether oxygens (including phenoxy) is 1. The lowest BCUT2D eigenvalue weighted by molar-refractivity contribution is 0.305. The fourth-order valence-electron chi connectivity index (χ4n) is 2.18. The number of hydrogen-bond donors (Lipinski definition) is 0. The highest BCUT2D eigenvalue weighted by atomic mass is 35.5. The van der Waals surface area contributed by atoms with Gasteiger partial charge < -0.3 is 4.74 Å². The molecular formula is C17H14Cl2O. The molecule has 0 aliphatic heterocycles. The molecule has 0 atom stereocenters. The molecule has 0 unspecified atom stereocenters. The summed E-state index contributed by atoms with van der Waals surface area (Å²) < 4.78 is 5.93. The van der Waals surface area contributed by atoms with E-state index in [0.717, 1.165) is 24.2 Å². The summed E-state index contributed by atoms with van der Waals surface area (Å²) in [6, 6.07) is 13.7. The first kappa shape index (κ1) is 13.5. The summed E-state index contributed by atoms with van der Waals surface area (Å²) in [5, 5.41) is 1.12. The summed E-state index contributed by atoms with van der Waals surface area (Å²) in [4.78, 5) is 0. The van der Waals surface area contributed by atoms with E-state index in [2.05, 4.69) is 12.1 Å². The van der Waals surface area contributed by atoms with Crippen LogP contribution in [0.15, 0.2) is 48.5 Å². The third kappa shape index (κ3) is 2.84. The number of halogens is 2. The summed E-state index contributed by atoms with van der Waals surface area (Å²) in [6.45, 7) is 0.487. The van der Waals surface area contributed by atoms with Crippen LogP contribution in [0.25, 0.3) is 5.57 Å². The van der Waals surface area contributed by atoms with Gasteiger partial charge in [-0.15, -0.1) is 0 Å². The van der Waals surface area contributed by atoms with E-state index >= 15 is 0 Å². The zero-order valence-electron chi connectivity index (χ0n) is 10.9. The monoisotopic (exact) mass is 304 g/mol. The summed E-state index contributed by atoms with van der Waals surface area (Å²) in [5.41, 5.74) is 3.57. The smallest absolute Gasteiger partial charge is 0.127 e. The Labute approximate surface area is 128 Å². The lowest BCUT2D eigenvalue weighted by Crippen LogP contribution is -2.01. The molecule has 3 rings (SSSR count). The van der Waals surface area contributed by atoms with E-state index in [0.29, 0.717) is 16.7 Å². The molecule has 0 fully saturated rings. The minimum atomic E-state index is 0.487. The van der Waals surface area contributed by atoms with Gasteiger partial charge in [-0.3, -0.25) is 0 Å². The topological polar surface area (TPSA) is 9.23 Å².